The van der Waals surface area contributed by atoms with Crippen LogP contribution in [-0.4, -0.2) is 44.8 Å². The lowest BCUT2D eigenvalue weighted by atomic mass is 9.82. The number of amides is 2. The second-order valence-electron chi connectivity index (χ2n) is 12.6. The van der Waals surface area contributed by atoms with E-state index in [2.05, 4.69) is 37.5 Å². The Balaban J connectivity index is 1.33. The molecule has 0 bridgehead atoms. The molecule has 2 N–H and O–H groups in total. The molecule has 2 heterocycles. The van der Waals surface area contributed by atoms with Gasteiger partial charge >= 0.3 is 0 Å². The summed E-state index contributed by atoms with van der Waals surface area (Å²) in [5, 5.41) is 14.4. The summed E-state index contributed by atoms with van der Waals surface area (Å²) in [6, 6.07) is 32.9. The summed E-state index contributed by atoms with van der Waals surface area (Å²) in [5.41, 5.74) is 2.76. The van der Waals surface area contributed by atoms with Crippen LogP contribution in [0.4, 0.5) is 11.4 Å². The summed E-state index contributed by atoms with van der Waals surface area (Å²) in [6.45, 7) is 7.13. The summed E-state index contributed by atoms with van der Waals surface area (Å²) in [6.07, 6.45) is 0.185. The van der Waals surface area contributed by atoms with Gasteiger partial charge in [0.1, 0.15) is 5.75 Å². The third-order valence-corrected chi connectivity index (χ3v) is 14.1. The lowest BCUT2D eigenvalue weighted by molar-refractivity contribution is -0.146. The van der Waals surface area contributed by atoms with Gasteiger partial charge in [-0.3, -0.25) is 9.59 Å². The number of rotatable bonds is 9. The molecule has 1 saturated heterocycles. The Labute approximate surface area is 265 Å². The van der Waals surface area contributed by atoms with Crippen molar-refractivity contribution in [2.75, 3.05) is 23.9 Å². The van der Waals surface area contributed by atoms with Gasteiger partial charge in [-0.1, -0.05) is 85.9 Å². The molecular weight excluding hydrogens is 581 g/mol. The topological polar surface area (TPSA) is 88.1 Å². The zero-order valence-electron chi connectivity index (χ0n) is 26.2. The number of nitrogens with one attached hydrogen (secondary N) is 1. The Morgan fingerprint density at radius 2 is 1.69 bits per heavy atom. The van der Waals surface area contributed by atoms with Crippen LogP contribution in [0.1, 0.15) is 34.8 Å². The van der Waals surface area contributed by atoms with Crippen LogP contribution in [0.15, 0.2) is 103 Å². The number of hydrogen-bond acceptors (Lipinski definition) is 5. The number of fused-ring (bicyclic) bond motifs is 2. The Morgan fingerprint density at radius 3 is 2.40 bits per heavy atom. The highest BCUT2D eigenvalue weighted by Gasteiger charge is 2.66. The van der Waals surface area contributed by atoms with Gasteiger partial charge in [-0.25, -0.2) is 0 Å². The summed E-state index contributed by atoms with van der Waals surface area (Å²) in [4.78, 5) is 29.4. The first-order valence-electron chi connectivity index (χ1n) is 15.5. The highest BCUT2D eigenvalue weighted by molar-refractivity contribution is 6.91. The average Bonchev–Trinajstić information content (AvgIpc) is 3.48. The zero-order valence-corrected chi connectivity index (χ0v) is 27.2. The first-order valence-corrected chi connectivity index (χ1v) is 18.6. The minimum absolute atomic E-state index is 0.0158. The van der Waals surface area contributed by atoms with Crippen LogP contribution in [0.3, 0.4) is 0 Å². The lowest BCUT2D eigenvalue weighted by Crippen LogP contribution is -2.51. The quantitative estimate of drug-likeness (QED) is 0.221. The van der Waals surface area contributed by atoms with Gasteiger partial charge in [0.05, 0.1) is 33.5 Å². The second kappa shape index (κ2) is 12.3. The van der Waals surface area contributed by atoms with Gasteiger partial charge in [0, 0.05) is 29.3 Å². The first-order chi connectivity index (χ1) is 21.7. The summed E-state index contributed by atoms with van der Waals surface area (Å²) in [5.74, 6) is 0.404. The normalized spacial score (nSPS) is 22.5. The third kappa shape index (κ3) is 5.37. The molecular formula is C37H40N2O5Si. The van der Waals surface area contributed by atoms with Crippen molar-refractivity contribution in [2.45, 2.75) is 50.2 Å². The third-order valence-electron chi connectivity index (χ3n) is 9.72. The van der Waals surface area contributed by atoms with Crippen LogP contribution in [0, 0.1) is 5.92 Å². The Kier molecular flexibility index (Phi) is 8.39. The minimum atomic E-state index is -2.24. The fraction of sp³-hybridized carbons (Fsp3) is 0.297. The number of hydrogen-bond donors (Lipinski definition) is 2. The Hall–Kier alpha value is -4.24. The van der Waals surface area contributed by atoms with Crippen molar-refractivity contribution in [1.29, 1.82) is 0 Å². The molecule has 8 heteroatoms. The van der Waals surface area contributed by atoms with E-state index in [0.29, 0.717) is 24.2 Å². The molecule has 2 aliphatic heterocycles. The number of nitrogens with zero attached hydrogens (tertiary/aromatic N) is 1. The molecule has 232 valence electrons. The largest absolute Gasteiger partial charge is 0.497 e. The molecule has 1 fully saturated rings. The van der Waals surface area contributed by atoms with Gasteiger partial charge in [-0.2, -0.15) is 0 Å². The van der Waals surface area contributed by atoms with Gasteiger partial charge < -0.3 is 24.8 Å². The van der Waals surface area contributed by atoms with Crippen molar-refractivity contribution in [3.63, 3.8) is 0 Å². The molecule has 0 aliphatic carbocycles. The fourth-order valence-corrected chi connectivity index (χ4v) is 11.6. The maximum atomic E-state index is 14.8. The molecule has 4 aromatic carbocycles. The number of carbonyl (C=O) groups is 2. The van der Waals surface area contributed by atoms with Crippen LogP contribution in [0.5, 0.6) is 5.75 Å². The van der Waals surface area contributed by atoms with E-state index in [1.165, 1.54) is 5.19 Å². The predicted molar refractivity (Wildman–Crippen MR) is 180 cm³/mol. The van der Waals surface area contributed by atoms with Crippen molar-refractivity contribution >= 4 is 36.4 Å². The van der Waals surface area contributed by atoms with Crippen LogP contribution in [0.2, 0.25) is 18.6 Å². The molecule has 0 unspecified atom stereocenters. The molecule has 45 heavy (non-hydrogen) atoms. The molecule has 4 atom stereocenters. The van der Waals surface area contributed by atoms with Crippen molar-refractivity contribution in [3.8, 4) is 5.75 Å². The summed E-state index contributed by atoms with van der Waals surface area (Å²) < 4.78 is 12.4. The standard InChI is InChI=1S/C37H40N2O5Si/c1-25-34(45(3,4)30-19-17-29(43-2)18-20-30)33(21-22-40)44-37(25)31-15-8-9-16-32(31)39(36(37)42)24-26-11-10-14-28(23-26)38-35(41)27-12-6-5-7-13-27/h5-20,23,25,33-34,40H,21-22,24H2,1-4H3,(H,38,41)/t25-,33+,34-,37+/m0/s1. The molecule has 6 rings (SSSR count). The first kappa shape index (κ1) is 30.8. The van der Waals surface area contributed by atoms with Gasteiger partial charge in [0.25, 0.3) is 11.8 Å². The highest BCUT2D eigenvalue weighted by atomic mass is 28.3. The average molecular weight is 621 g/mol. The smallest absolute Gasteiger partial charge is 0.264 e. The van der Waals surface area contributed by atoms with E-state index < -0.39 is 13.7 Å². The van der Waals surface area contributed by atoms with E-state index in [9.17, 15) is 14.7 Å². The van der Waals surface area contributed by atoms with Crippen LogP contribution in [0.25, 0.3) is 0 Å². The van der Waals surface area contributed by atoms with Crippen molar-refractivity contribution in [1.82, 2.24) is 0 Å². The second-order valence-corrected chi connectivity index (χ2v) is 17.3. The monoisotopic (exact) mass is 620 g/mol. The zero-order chi connectivity index (χ0) is 31.8. The van der Waals surface area contributed by atoms with E-state index in [4.69, 9.17) is 9.47 Å². The SMILES string of the molecule is COc1ccc([Si](C)(C)[C@@H]2[C@@H](CCO)O[C@]3(C(=O)N(Cc4cccc(NC(=O)c5ccccc5)c4)c4ccccc43)[C@H]2C)cc1. The van der Waals surface area contributed by atoms with Gasteiger partial charge in [-0.15, -0.1) is 0 Å². The minimum Gasteiger partial charge on any atom is -0.497 e. The number of carbonyl (C=O) groups excluding carboxylic acids is 2. The van der Waals surface area contributed by atoms with Crippen molar-refractivity contribution in [3.05, 3.63) is 120 Å². The van der Waals surface area contributed by atoms with E-state index in [1.54, 1.807) is 19.2 Å². The van der Waals surface area contributed by atoms with Crippen LogP contribution >= 0.6 is 0 Å². The lowest BCUT2D eigenvalue weighted by Gasteiger charge is -2.37. The molecule has 0 aromatic heterocycles. The molecule has 0 radical (unpaired) electrons. The Morgan fingerprint density at radius 1 is 0.978 bits per heavy atom. The molecule has 2 aliphatic rings. The maximum Gasteiger partial charge on any atom is 0.264 e. The number of aliphatic hydroxyl groups is 1. The van der Waals surface area contributed by atoms with Crippen molar-refractivity contribution in [2.24, 2.45) is 5.92 Å². The Bertz CT molecular complexity index is 1690. The number of aliphatic hydroxyl groups excluding tert-OH is 1. The summed E-state index contributed by atoms with van der Waals surface area (Å²) >= 11 is 0. The number of methoxy groups -OCH3 is 1. The summed E-state index contributed by atoms with van der Waals surface area (Å²) in [7, 11) is -0.576. The molecule has 4 aromatic rings. The van der Waals surface area contributed by atoms with Crippen LogP contribution in [-0.2, 0) is 21.7 Å². The highest BCUT2D eigenvalue weighted by Crippen LogP contribution is 2.60. The number of anilines is 2. The van der Waals surface area contributed by atoms with Crippen molar-refractivity contribution < 1.29 is 24.2 Å². The number of ether oxygens (including phenoxy) is 2. The van der Waals surface area contributed by atoms with Gasteiger partial charge in [0.2, 0.25) is 0 Å². The molecule has 1 spiro atoms. The number of benzene rings is 4. The molecule has 2 amide bonds. The maximum absolute atomic E-state index is 14.8. The molecule has 7 nitrogen and oxygen atoms in total. The number of para-hydroxylation sites is 1. The van der Waals surface area contributed by atoms with Gasteiger partial charge in [0.15, 0.2) is 5.60 Å². The van der Waals surface area contributed by atoms with E-state index in [1.807, 2.05) is 83.8 Å². The predicted octanol–water partition coefficient (Wildman–Crippen LogP) is 6.09. The van der Waals surface area contributed by atoms with Crippen LogP contribution < -0.4 is 20.1 Å². The van der Waals surface area contributed by atoms with Gasteiger partial charge in [-0.05, 0) is 60.0 Å². The molecule has 0 saturated carbocycles. The van der Waals surface area contributed by atoms with E-state index >= 15 is 0 Å². The fourth-order valence-electron chi connectivity index (χ4n) is 7.54. The van der Waals surface area contributed by atoms with E-state index in [0.717, 1.165) is 22.6 Å². The van der Waals surface area contributed by atoms with E-state index in [-0.39, 0.29) is 36.0 Å².